The summed E-state index contributed by atoms with van der Waals surface area (Å²) in [5.41, 5.74) is 2.82. The molecule has 5 heteroatoms. The van der Waals surface area contributed by atoms with Gasteiger partial charge in [0.25, 0.3) is 0 Å². The zero-order chi connectivity index (χ0) is 14.5. The Hall–Kier alpha value is -2.04. The van der Waals surface area contributed by atoms with E-state index in [0.717, 1.165) is 23.3 Å². The van der Waals surface area contributed by atoms with E-state index in [-0.39, 0.29) is 12.4 Å². The van der Waals surface area contributed by atoms with E-state index < -0.39 is 0 Å². The highest BCUT2D eigenvalue weighted by Gasteiger charge is 2.20. The number of carbonyl (C=O) groups excluding carboxylic acids is 1. The molecule has 5 nitrogen and oxygen atoms in total. The molecule has 2 rings (SSSR count). The smallest absolute Gasteiger partial charge is 0.311 e. The van der Waals surface area contributed by atoms with Gasteiger partial charge in [0.05, 0.1) is 33.0 Å². The number of aliphatic imine (C=N–C) groups is 1. The summed E-state index contributed by atoms with van der Waals surface area (Å²) in [5, 5.41) is 0. The van der Waals surface area contributed by atoms with E-state index in [1.807, 2.05) is 12.1 Å². The van der Waals surface area contributed by atoms with Gasteiger partial charge in [-0.05, 0) is 31.0 Å². The molecule has 1 heterocycles. The van der Waals surface area contributed by atoms with E-state index in [1.54, 1.807) is 21.1 Å². The van der Waals surface area contributed by atoms with Crippen LogP contribution in [0.5, 0.6) is 11.5 Å². The third-order valence-corrected chi connectivity index (χ3v) is 3.22. The standard InChI is InChI=1S/C15H19NO4/c1-4-20-15(17)9-12-11-8-14(19-3)13(18-2)7-10(11)5-6-16-12/h7-8H,4-6,9H2,1-3H3. The largest absolute Gasteiger partial charge is 0.493 e. The molecule has 1 aromatic carbocycles. The molecule has 108 valence electrons. The SMILES string of the molecule is CCOC(=O)CC1=NCCc2cc(OC)c(OC)cc21. The number of esters is 1. The Morgan fingerprint density at radius 2 is 1.95 bits per heavy atom. The van der Waals surface area contributed by atoms with Gasteiger partial charge in [-0.3, -0.25) is 9.79 Å². The van der Waals surface area contributed by atoms with Crippen molar-refractivity contribution in [1.29, 1.82) is 0 Å². The molecule has 0 spiro atoms. The Balaban J connectivity index is 2.32. The van der Waals surface area contributed by atoms with E-state index in [2.05, 4.69) is 4.99 Å². The molecule has 0 unspecified atom stereocenters. The number of methoxy groups -OCH3 is 2. The zero-order valence-corrected chi connectivity index (χ0v) is 12.1. The number of nitrogens with zero attached hydrogens (tertiary/aromatic N) is 1. The van der Waals surface area contributed by atoms with E-state index >= 15 is 0 Å². The molecule has 0 saturated heterocycles. The lowest BCUT2D eigenvalue weighted by Gasteiger charge is -2.19. The van der Waals surface area contributed by atoms with Crippen molar-refractivity contribution >= 4 is 11.7 Å². The summed E-state index contributed by atoms with van der Waals surface area (Å²) in [6.45, 7) is 2.85. The van der Waals surface area contributed by atoms with E-state index in [1.165, 1.54) is 0 Å². The lowest BCUT2D eigenvalue weighted by molar-refractivity contribution is -0.141. The van der Waals surface area contributed by atoms with Gasteiger partial charge in [-0.2, -0.15) is 0 Å². The summed E-state index contributed by atoms with van der Waals surface area (Å²) in [6.07, 6.45) is 1.03. The highest BCUT2D eigenvalue weighted by atomic mass is 16.5. The molecule has 1 aliphatic rings. The van der Waals surface area contributed by atoms with Gasteiger partial charge in [-0.25, -0.2) is 0 Å². The fourth-order valence-corrected chi connectivity index (χ4v) is 2.29. The monoisotopic (exact) mass is 277 g/mol. The van der Waals surface area contributed by atoms with Gasteiger partial charge in [0.15, 0.2) is 11.5 Å². The fourth-order valence-electron chi connectivity index (χ4n) is 2.29. The second kappa shape index (κ2) is 6.41. The average Bonchev–Trinajstić information content (AvgIpc) is 2.46. The maximum Gasteiger partial charge on any atom is 0.311 e. The Morgan fingerprint density at radius 1 is 1.25 bits per heavy atom. The number of fused-ring (bicyclic) bond motifs is 1. The van der Waals surface area contributed by atoms with Gasteiger partial charge >= 0.3 is 5.97 Å². The third kappa shape index (κ3) is 2.92. The van der Waals surface area contributed by atoms with E-state index in [9.17, 15) is 4.79 Å². The van der Waals surface area contributed by atoms with Crippen LogP contribution in [0, 0.1) is 0 Å². The molecule has 0 atom stereocenters. The van der Waals surface area contributed by atoms with Crippen molar-refractivity contribution in [3.8, 4) is 11.5 Å². The molecule has 1 aliphatic heterocycles. The molecule has 0 aliphatic carbocycles. The predicted molar refractivity (Wildman–Crippen MR) is 75.9 cm³/mol. The van der Waals surface area contributed by atoms with Gasteiger partial charge in [0.2, 0.25) is 0 Å². The molecule has 0 aromatic heterocycles. The van der Waals surface area contributed by atoms with E-state index in [0.29, 0.717) is 24.7 Å². The second-order valence-electron chi connectivity index (χ2n) is 4.42. The lowest BCUT2D eigenvalue weighted by Crippen LogP contribution is -2.18. The molecule has 0 fully saturated rings. The van der Waals surface area contributed by atoms with Crippen molar-refractivity contribution in [2.75, 3.05) is 27.4 Å². The first-order valence-corrected chi connectivity index (χ1v) is 6.63. The zero-order valence-electron chi connectivity index (χ0n) is 12.1. The first-order chi connectivity index (χ1) is 9.69. The van der Waals surface area contributed by atoms with Crippen molar-refractivity contribution in [2.45, 2.75) is 19.8 Å². The minimum Gasteiger partial charge on any atom is -0.493 e. The lowest BCUT2D eigenvalue weighted by atomic mass is 9.95. The van der Waals surface area contributed by atoms with Crippen molar-refractivity contribution in [2.24, 2.45) is 4.99 Å². The molecule has 0 amide bonds. The fraction of sp³-hybridized carbons (Fsp3) is 0.467. The van der Waals surface area contributed by atoms with E-state index in [4.69, 9.17) is 14.2 Å². The topological polar surface area (TPSA) is 57.1 Å². The van der Waals surface area contributed by atoms with Crippen molar-refractivity contribution < 1.29 is 19.0 Å². The van der Waals surface area contributed by atoms with Gasteiger partial charge in [0.1, 0.15) is 0 Å². The number of hydrogen-bond donors (Lipinski definition) is 0. The van der Waals surface area contributed by atoms with Crippen LogP contribution >= 0.6 is 0 Å². The molecule has 20 heavy (non-hydrogen) atoms. The Bertz CT molecular complexity index is 537. The average molecular weight is 277 g/mol. The van der Waals surface area contributed by atoms with Gasteiger partial charge < -0.3 is 14.2 Å². The summed E-state index contributed by atoms with van der Waals surface area (Å²) in [5.74, 6) is 1.09. The van der Waals surface area contributed by atoms with Crippen LogP contribution in [-0.2, 0) is 16.0 Å². The molecular formula is C15H19NO4. The van der Waals surface area contributed by atoms with Gasteiger partial charge in [-0.15, -0.1) is 0 Å². The Labute approximate surface area is 118 Å². The first kappa shape index (κ1) is 14.4. The van der Waals surface area contributed by atoms with Crippen LogP contribution in [0.4, 0.5) is 0 Å². The minimum absolute atomic E-state index is 0.191. The molecule has 0 saturated carbocycles. The van der Waals surface area contributed by atoms with Crippen LogP contribution in [0.3, 0.4) is 0 Å². The molecule has 0 radical (unpaired) electrons. The maximum absolute atomic E-state index is 11.6. The van der Waals surface area contributed by atoms with Crippen LogP contribution in [-0.4, -0.2) is 39.1 Å². The first-order valence-electron chi connectivity index (χ1n) is 6.63. The number of benzene rings is 1. The summed E-state index contributed by atoms with van der Waals surface area (Å²) in [7, 11) is 3.20. The predicted octanol–water partition coefficient (Wildman–Crippen LogP) is 2.00. The van der Waals surface area contributed by atoms with Gasteiger partial charge in [0, 0.05) is 12.1 Å². The van der Waals surface area contributed by atoms with Crippen molar-refractivity contribution in [1.82, 2.24) is 0 Å². The maximum atomic E-state index is 11.6. The quantitative estimate of drug-likeness (QED) is 0.772. The third-order valence-electron chi connectivity index (χ3n) is 3.22. The van der Waals surface area contributed by atoms with Gasteiger partial charge in [-0.1, -0.05) is 0 Å². The van der Waals surface area contributed by atoms with Crippen molar-refractivity contribution in [3.05, 3.63) is 23.3 Å². The molecule has 1 aromatic rings. The molecule has 0 N–H and O–H groups in total. The number of rotatable bonds is 5. The van der Waals surface area contributed by atoms with Crippen LogP contribution < -0.4 is 9.47 Å². The second-order valence-corrected chi connectivity index (χ2v) is 4.42. The number of carbonyl (C=O) groups is 1. The van der Waals surface area contributed by atoms with Crippen LogP contribution in [0.15, 0.2) is 17.1 Å². The highest BCUT2D eigenvalue weighted by Crippen LogP contribution is 2.33. The molecular weight excluding hydrogens is 258 g/mol. The minimum atomic E-state index is -0.256. The number of hydrogen-bond acceptors (Lipinski definition) is 5. The summed E-state index contributed by atoms with van der Waals surface area (Å²) in [6, 6.07) is 3.83. The van der Waals surface area contributed by atoms with Crippen LogP contribution in [0.25, 0.3) is 0 Å². The molecule has 0 bridgehead atoms. The number of ether oxygens (including phenoxy) is 3. The normalized spacial score (nSPS) is 13.2. The Kier molecular flexibility index (Phi) is 4.61. The van der Waals surface area contributed by atoms with Crippen LogP contribution in [0.2, 0.25) is 0 Å². The summed E-state index contributed by atoms with van der Waals surface area (Å²) < 4.78 is 15.6. The summed E-state index contributed by atoms with van der Waals surface area (Å²) >= 11 is 0. The summed E-state index contributed by atoms with van der Waals surface area (Å²) in [4.78, 5) is 16.1. The van der Waals surface area contributed by atoms with Crippen molar-refractivity contribution in [3.63, 3.8) is 0 Å². The highest BCUT2D eigenvalue weighted by molar-refractivity contribution is 6.11. The Morgan fingerprint density at radius 3 is 2.60 bits per heavy atom. The van der Waals surface area contributed by atoms with Crippen LogP contribution in [0.1, 0.15) is 24.5 Å².